The van der Waals surface area contributed by atoms with Gasteiger partial charge >= 0.3 is 6.18 Å². The van der Waals surface area contributed by atoms with Gasteiger partial charge in [-0.15, -0.1) is 11.3 Å². The molecule has 6 nitrogen and oxygen atoms in total. The van der Waals surface area contributed by atoms with Crippen molar-refractivity contribution in [2.24, 2.45) is 0 Å². The maximum Gasteiger partial charge on any atom is 0.416 e. The lowest BCUT2D eigenvalue weighted by Crippen LogP contribution is -2.42. The summed E-state index contributed by atoms with van der Waals surface area (Å²) in [6, 6.07) is 9.21. The van der Waals surface area contributed by atoms with Crippen LogP contribution in [0.2, 0.25) is 0 Å². The molecule has 0 saturated carbocycles. The first kappa shape index (κ1) is 18.5. The maximum atomic E-state index is 12.6. The van der Waals surface area contributed by atoms with Crippen molar-refractivity contribution in [3.63, 3.8) is 0 Å². The first-order valence-corrected chi connectivity index (χ1v) is 8.37. The van der Waals surface area contributed by atoms with Crippen molar-refractivity contribution in [2.45, 2.75) is 6.18 Å². The molecule has 0 atom stereocenters. The summed E-state index contributed by atoms with van der Waals surface area (Å²) in [4.78, 5) is 31.8. The molecule has 3 rings (SSSR count). The maximum absolute atomic E-state index is 12.6. The minimum absolute atomic E-state index is 0.0243. The SMILES string of the molecule is O=C(NNC(=O)c1csc(-c2ccc(C(F)(F)F)cc2)n1)c1ccccn1. The Kier molecular flexibility index (Phi) is 5.17. The van der Waals surface area contributed by atoms with Crippen LogP contribution in [0.15, 0.2) is 54.0 Å². The molecule has 0 fully saturated rings. The van der Waals surface area contributed by atoms with Gasteiger partial charge in [-0.2, -0.15) is 13.2 Å². The van der Waals surface area contributed by atoms with Crippen molar-refractivity contribution in [2.75, 3.05) is 0 Å². The number of thiazole rings is 1. The Morgan fingerprint density at radius 1 is 0.926 bits per heavy atom. The van der Waals surface area contributed by atoms with E-state index in [9.17, 15) is 22.8 Å². The zero-order valence-electron chi connectivity index (χ0n) is 13.4. The van der Waals surface area contributed by atoms with Crippen molar-refractivity contribution in [3.8, 4) is 10.6 Å². The van der Waals surface area contributed by atoms with E-state index in [1.807, 2.05) is 0 Å². The third-order valence-corrected chi connectivity index (χ3v) is 4.27. The van der Waals surface area contributed by atoms with Gasteiger partial charge in [0.15, 0.2) is 0 Å². The third kappa shape index (κ3) is 4.47. The fourth-order valence-corrected chi connectivity index (χ4v) is 2.86. The van der Waals surface area contributed by atoms with E-state index in [1.165, 1.54) is 29.8 Å². The van der Waals surface area contributed by atoms with Crippen LogP contribution < -0.4 is 10.9 Å². The number of nitrogens with one attached hydrogen (secondary N) is 2. The van der Waals surface area contributed by atoms with Crippen molar-refractivity contribution >= 4 is 23.2 Å². The van der Waals surface area contributed by atoms with Crippen LogP contribution in [0.4, 0.5) is 13.2 Å². The molecule has 0 saturated heterocycles. The zero-order chi connectivity index (χ0) is 19.4. The number of nitrogens with zero attached hydrogens (tertiary/aromatic N) is 2. The van der Waals surface area contributed by atoms with Gasteiger partial charge in [-0.25, -0.2) is 4.98 Å². The molecule has 0 bridgehead atoms. The van der Waals surface area contributed by atoms with Gasteiger partial charge in [0.2, 0.25) is 0 Å². The number of hydrazine groups is 1. The van der Waals surface area contributed by atoms with Gasteiger partial charge in [0, 0.05) is 17.1 Å². The molecule has 2 heterocycles. The first-order chi connectivity index (χ1) is 12.8. The Bertz CT molecular complexity index is 956. The van der Waals surface area contributed by atoms with Gasteiger partial charge in [-0.05, 0) is 24.3 Å². The fraction of sp³-hybridized carbons (Fsp3) is 0.0588. The summed E-state index contributed by atoms with van der Waals surface area (Å²) in [5, 5.41) is 1.82. The van der Waals surface area contributed by atoms with Crippen molar-refractivity contribution in [1.29, 1.82) is 0 Å². The van der Waals surface area contributed by atoms with Crippen LogP contribution >= 0.6 is 11.3 Å². The molecule has 0 spiro atoms. The summed E-state index contributed by atoms with van der Waals surface area (Å²) in [5.41, 5.74) is 4.25. The van der Waals surface area contributed by atoms with E-state index in [2.05, 4.69) is 20.8 Å². The number of benzene rings is 1. The molecule has 27 heavy (non-hydrogen) atoms. The summed E-state index contributed by atoms with van der Waals surface area (Å²) in [7, 11) is 0. The summed E-state index contributed by atoms with van der Waals surface area (Å²) in [6.45, 7) is 0. The summed E-state index contributed by atoms with van der Waals surface area (Å²) in [6.07, 6.45) is -2.98. The highest BCUT2D eigenvalue weighted by atomic mass is 32.1. The molecule has 0 unspecified atom stereocenters. The standard InChI is InChI=1S/C17H11F3N4O2S/c18-17(19,20)11-6-4-10(5-7-11)16-22-13(9-27-16)15(26)24-23-14(25)12-3-1-2-8-21-12/h1-9H,(H,23,25)(H,24,26). The molecule has 2 aromatic heterocycles. The average molecular weight is 392 g/mol. The fourth-order valence-electron chi connectivity index (χ4n) is 2.05. The van der Waals surface area contributed by atoms with Crippen molar-refractivity contribution in [1.82, 2.24) is 20.8 Å². The average Bonchev–Trinajstić information content (AvgIpc) is 3.16. The number of hydrogen-bond acceptors (Lipinski definition) is 5. The van der Waals surface area contributed by atoms with Crippen LogP contribution in [0.1, 0.15) is 26.5 Å². The highest BCUT2D eigenvalue weighted by Gasteiger charge is 2.30. The molecule has 0 aliphatic rings. The Balaban J connectivity index is 1.65. The summed E-state index contributed by atoms with van der Waals surface area (Å²) < 4.78 is 37.8. The Morgan fingerprint density at radius 3 is 2.19 bits per heavy atom. The van der Waals surface area contributed by atoms with Crippen LogP contribution in [0, 0.1) is 0 Å². The molecule has 138 valence electrons. The normalized spacial score (nSPS) is 11.1. The number of halogens is 3. The van der Waals surface area contributed by atoms with Crippen LogP contribution in [-0.4, -0.2) is 21.8 Å². The van der Waals surface area contributed by atoms with Crippen LogP contribution in [0.5, 0.6) is 0 Å². The Morgan fingerprint density at radius 2 is 1.59 bits per heavy atom. The molecule has 0 aliphatic heterocycles. The summed E-state index contributed by atoms with van der Waals surface area (Å²) in [5.74, 6) is -1.25. The Labute approximate surface area is 155 Å². The molecule has 3 aromatic rings. The highest BCUT2D eigenvalue weighted by molar-refractivity contribution is 7.13. The lowest BCUT2D eigenvalue weighted by molar-refractivity contribution is -0.137. The second-order valence-electron chi connectivity index (χ2n) is 5.24. The van der Waals surface area contributed by atoms with Gasteiger partial charge in [0.05, 0.1) is 5.56 Å². The second-order valence-corrected chi connectivity index (χ2v) is 6.09. The van der Waals surface area contributed by atoms with Gasteiger partial charge < -0.3 is 0 Å². The number of alkyl halides is 3. The van der Waals surface area contributed by atoms with Crippen LogP contribution in [-0.2, 0) is 6.18 Å². The largest absolute Gasteiger partial charge is 0.416 e. The molecule has 0 aliphatic carbocycles. The highest BCUT2D eigenvalue weighted by Crippen LogP contribution is 2.31. The van der Waals surface area contributed by atoms with E-state index in [4.69, 9.17) is 0 Å². The van der Waals surface area contributed by atoms with E-state index >= 15 is 0 Å². The minimum atomic E-state index is -4.42. The second kappa shape index (κ2) is 7.54. The van der Waals surface area contributed by atoms with E-state index in [-0.39, 0.29) is 11.4 Å². The quantitative estimate of drug-likeness (QED) is 0.670. The smallest absolute Gasteiger partial charge is 0.266 e. The monoisotopic (exact) mass is 392 g/mol. The number of rotatable bonds is 3. The molecule has 10 heteroatoms. The number of amides is 2. The van der Waals surface area contributed by atoms with E-state index in [0.29, 0.717) is 10.6 Å². The predicted molar refractivity (Wildman–Crippen MR) is 91.7 cm³/mol. The molecule has 2 N–H and O–H groups in total. The molecular formula is C17H11F3N4O2S. The molecule has 2 amide bonds. The lowest BCUT2D eigenvalue weighted by Gasteiger charge is -2.06. The van der Waals surface area contributed by atoms with Gasteiger partial charge in [-0.1, -0.05) is 18.2 Å². The van der Waals surface area contributed by atoms with Gasteiger partial charge in [-0.3, -0.25) is 25.4 Å². The predicted octanol–water partition coefficient (Wildman–Crippen LogP) is 3.30. The molecule has 0 radical (unpaired) electrons. The van der Waals surface area contributed by atoms with E-state index in [0.717, 1.165) is 23.5 Å². The number of aromatic nitrogens is 2. The number of carbonyl (C=O) groups is 2. The number of hydrogen-bond donors (Lipinski definition) is 2. The third-order valence-electron chi connectivity index (χ3n) is 3.38. The minimum Gasteiger partial charge on any atom is -0.266 e. The van der Waals surface area contributed by atoms with Crippen LogP contribution in [0.3, 0.4) is 0 Å². The lowest BCUT2D eigenvalue weighted by atomic mass is 10.1. The summed E-state index contributed by atoms with van der Waals surface area (Å²) >= 11 is 1.10. The van der Waals surface area contributed by atoms with Crippen LogP contribution in [0.25, 0.3) is 10.6 Å². The Hall–Kier alpha value is -3.27. The van der Waals surface area contributed by atoms with E-state index in [1.54, 1.807) is 12.1 Å². The van der Waals surface area contributed by atoms with E-state index < -0.39 is 23.6 Å². The van der Waals surface area contributed by atoms with Crippen molar-refractivity contribution < 1.29 is 22.8 Å². The number of carbonyl (C=O) groups excluding carboxylic acids is 2. The van der Waals surface area contributed by atoms with Gasteiger partial charge in [0.1, 0.15) is 16.4 Å². The zero-order valence-corrected chi connectivity index (χ0v) is 14.3. The van der Waals surface area contributed by atoms with Crippen molar-refractivity contribution in [3.05, 3.63) is 71.0 Å². The molecular weight excluding hydrogens is 381 g/mol. The van der Waals surface area contributed by atoms with Gasteiger partial charge in [0.25, 0.3) is 11.8 Å². The molecule has 1 aromatic carbocycles. The number of pyridine rings is 1. The topological polar surface area (TPSA) is 84.0 Å². The first-order valence-electron chi connectivity index (χ1n) is 7.49.